The fraction of sp³-hybridized carbons (Fsp3) is 0.353. The van der Waals surface area contributed by atoms with Gasteiger partial charge in [-0.1, -0.05) is 18.2 Å². The van der Waals surface area contributed by atoms with Crippen LogP contribution < -0.4 is 11.2 Å². The second kappa shape index (κ2) is 7.63. The second-order valence-corrected chi connectivity index (χ2v) is 5.55. The molecule has 0 radical (unpaired) electrons. The van der Waals surface area contributed by atoms with Gasteiger partial charge in [-0.2, -0.15) is 0 Å². The molecular weight excluding hydrogens is 347 g/mol. The molecule has 1 aliphatic rings. The number of halogens is 1. The van der Waals surface area contributed by atoms with Gasteiger partial charge in [0.15, 0.2) is 24.8 Å². The number of alkyl halides is 1. The molecule has 0 amide bonds. The van der Waals surface area contributed by atoms with Crippen LogP contribution in [0.1, 0.15) is 23.5 Å². The smallest absolute Gasteiger partial charge is 0.338 e. The maximum Gasteiger partial charge on any atom is 0.338 e. The number of aromatic amines is 1. The van der Waals surface area contributed by atoms with Crippen LogP contribution in [0, 0.1) is 0 Å². The molecule has 26 heavy (non-hydrogen) atoms. The van der Waals surface area contributed by atoms with E-state index in [2.05, 4.69) is 0 Å². The number of rotatable bonds is 5. The predicted octanol–water partition coefficient (Wildman–Crippen LogP) is 0.992. The molecule has 1 aliphatic heterocycles. The molecule has 2 aromatic rings. The molecular formula is C17H17FN2O6. The molecule has 1 N–H and O–H groups in total. The summed E-state index contributed by atoms with van der Waals surface area (Å²) in [6, 6.07) is 9.16. The highest BCUT2D eigenvalue weighted by atomic mass is 19.1. The SMILES string of the molecule is CCO[C@H]1O[C@@H](n2ccc(=O)[nH]c2=O)C(F)[C@H]1OC(=O)c1ccccc1. The molecule has 1 aromatic carbocycles. The molecule has 1 aromatic heterocycles. The molecule has 9 heteroatoms. The highest BCUT2D eigenvalue weighted by molar-refractivity contribution is 5.89. The van der Waals surface area contributed by atoms with E-state index in [4.69, 9.17) is 14.2 Å². The molecule has 1 unspecified atom stereocenters. The summed E-state index contributed by atoms with van der Waals surface area (Å²) in [5, 5.41) is 0. The van der Waals surface area contributed by atoms with Gasteiger partial charge in [0.1, 0.15) is 0 Å². The van der Waals surface area contributed by atoms with Gasteiger partial charge in [-0.15, -0.1) is 0 Å². The number of esters is 1. The van der Waals surface area contributed by atoms with Gasteiger partial charge >= 0.3 is 11.7 Å². The third-order valence-electron chi connectivity index (χ3n) is 3.84. The summed E-state index contributed by atoms with van der Waals surface area (Å²) in [7, 11) is 0. The van der Waals surface area contributed by atoms with E-state index in [0.29, 0.717) is 0 Å². The van der Waals surface area contributed by atoms with Crippen molar-refractivity contribution in [2.24, 2.45) is 0 Å². The summed E-state index contributed by atoms with van der Waals surface area (Å²) < 4.78 is 31.8. The van der Waals surface area contributed by atoms with E-state index in [1.807, 2.05) is 4.98 Å². The van der Waals surface area contributed by atoms with Crippen molar-refractivity contribution in [2.45, 2.75) is 31.7 Å². The Morgan fingerprint density at radius 1 is 1.27 bits per heavy atom. The largest absolute Gasteiger partial charge is 0.450 e. The number of aromatic nitrogens is 2. The third kappa shape index (κ3) is 3.58. The zero-order chi connectivity index (χ0) is 18.7. The fourth-order valence-electron chi connectivity index (χ4n) is 2.63. The summed E-state index contributed by atoms with van der Waals surface area (Å²) in [4.78, 5) is 37.3. The molecule has 1 fully saturated rings. The van der Waals surface area contributed by atoms with E-state index < -0.39 is 42.0 Å². The molecule has 0 aliphatic carbocycles. The summed E-state index contributed by atoms with van der Waals surface area (Å²) in [5.74, 6) is -0.735. The van der Waals surface area contributed by atoms with Gasteiger partial charge in [-0.3, -0.25) is 14.3 Å². The number of carbonyl (C=O) groups excluding carboxylic acids is 1. The van der Waals surface area contributed by atoms with E-state index in [9.17, 15) is 18.8 Å². The number of nitrogens with one attached hydrogen (secondary N) is 1. The molecule has 0 saturated carbocycles. The van der Waals surface area contributed by atoms with Gasteiger partial charge in [0.05, 0.1) is 5.56 Å². The fourth-order valence-corrected chi connectivity index (χ4v) is 2.63. The lowest BCUT2D eigenvalue weighted by atomic mass is 10.2. The standard InChI is InChI=1S/C17H17FN2O6/c1-2-24-16-13(25-15(22)10-6-4-3-5-7-10)12(18)14(26-16)20-9-8-11(21)19-17(20)23/h3-9,12-14,16H,2H2,1H3,(H,19,21,23)/t12?,13-,14-,16+/m1/s1. The van der Waals surface area contributed by atoms with Gasteiger partial charge in [0.2, 0.25) is 0 Å². The van der Waals surface area contributed by atoms with Gasteiger partial charge in [-0.25, -0.2) is 14.0 Å². The first kappa shape index (κ1) is 18.0. The average molecular weight is 364 g/mol. The minimum atomic E-state index is -1.87. The first-order valence-corrected chi connectivity index (χ1v) is 8.00. The number of ether oxygens (including phenoxy) is 3. The lowest BCUT2D eigenvalue weighted by Crippen LogP contribution is -2.37. The number of nitrogens with zero attached hydrogens (tertiary/aromatic N) is 1. The molecule has 4 atom stereocenters. The number of hydrogen-bond acceptors (Lipinski definition) is 6. The quantitative estimate of drug-likeness (QED) is 0.795. The van der Waals surface area contributed by atoms with Gasteiger partial charge in [0, 0.05) is 18.9 Å². The van der Waals surface area contributed by atoms with Crippen molar-refractivity contribution in [1.82, 2.24) is 9.55 Å². The number of H-pyrrole nitrogens is 1. The Morgan fingerprint density at radius 2 is 2.00 bits per heavy atom. The van der Waals surface area contributed by atoms with Crippen LogP contribution in [0.2, 0.25) is 0 Å². The van der Waals surface area contributed by atoms with Crippen LogP contribution in [0.5, 0.6) is 0 Å². The van der Waals surface area contributed by atoms with Crippen LogP contribution in [0.25, 0.3) is 0 Å². The second-order valence-electron chi connectivity index (χ2n) is 5.55. The summed E-state index contributed by atoms with van der Waals surface area (Å²) in [5.41, 5.74) is -1.21. The molecule has 2 heterocycles. The summed E-state index contributed by atoms with van der Waals surface area (Å²) in [6.07, 6.45) is -4.71. The Kier molecular flexibility index (Phi) is 5.29. The Labute approximate surface area is 147 Å². The van der Waals surface area contributed by atoms with E-state index in [0.717, 1.165) is 16.8 Å². The minimum absolute atomic E-state index is 0.185. The van der Waals surface area contributed by atoms with Crippen LogP contribution in [0.3, 0.4) is 0 Å². The van der Waals surface area contributed by atoms with Gasteiger partial charge in [-0.05, 0) is 19.1 Å². The van der Waals surface area contributed by atoms with E-state index >= 15 is 0 Å². The Morgan fingerprint density at radius 3 is 2.65 bits per heavy atom. The van der Waals surface area contributed by atoms with Crippen molar-refractivity contribution in [3.8, 4) is 0 Å². The van der Waals surface area contributed by atoms with E-state index in [1.54, 1.807) is 25.1 Å². The Balaban J connectivity index is 1.85. The molecule has 0 spiro atoms. The number of hydrogen-bond donors (Lipinski definition) is 1. The first-order valence-electron chi connectivity index (χ1n) is 8.00. The maximum absolute atomic E-state index is 14.9. The predicted molar refractivity (Wildman–Crippen MR) is 87.4 cm³/mol. The van der Waals surface area contributed by atoms with E-state index in [1.165, 1.54) is 12.1 Å². The van der Waals surface area contributed by atoms with E-state index in [-0.39, 0.29) is 12.2 Å². The van der Waals surface area contributed by atoms with Crippen molar-refractivity contribution in [3.05, 3.63) is 69.0 Å². The van der Waals surface area contributed by atoms with Crippen LogP contribution >= 0.6 is 0 Å². The van der Waals surface area contributed by atoms with Crippen LogP contribution in [0.4, 0.5) is 4.39 Å². The van der Waals surface area contributed by atoms with Gasteiger partial charge in [0.25, 0.3) is 5.56 Å². The zero-order valence-electron chi connectivity index (χ0n) is 13.8. The lowest BCUT2D eigenvalue weighted by Gasteiger charge is -2.19. The average Bonchev–Trinajstić information content (AvgIpc) is 2.92. The van der Waals surface area contributed by atoms with Crippen molar-refractivity contribution >= 4 is 5.97 Å². The number of benzene rings is 1. The molecule has 8 nitrogen and oxygen atoms in total. The highest BCUT2D eigenvalue weighted by Gasteiger charge is 2.49. The summed E-state index contributed by atoms with van der Waals surface area (Å²) in [6.45, 7) is 1.86. The van der Waals surface area contributed by atoms with Crippen LogP contribution in [-0.2, 0) is 14.2 Å². The zero-order valence-corrected chi connectivity index (χ0v) is 13.8. The molecule has 138 valence electrons. The first-order chi connectivity index (χ1) is 12.5. The monoisotopic (exact) mass is 364 g/mol. The Hall–Kier alpha value is -2.78. The van der Waals surface area contributed by atoms with Crippen LogP contribution in [0.15, 0.2) is 52.2 Å². The highest BCUT2D eigenvalue weighted by Crippen LogP contribution is 2.34. The summed E-state index contributed by atoms with van der Waals surface area (Å²) >= 11 is 0. The maximum atomic E-state index is 14.9. The van der Waals surface area contributed by atoms with Gasteiger partial charge < -0.3 is 14.2 Å². The lowest BCUT2D eigenvalue weighted by molar-refractivity contribution is -0.175. The van der Waals surface area contributed by atoms with Crippen molar-refractivity contribution < 1.29 is 23.4 Å². The topological polar surface area (TPSA) is 99.6 Å². The molecule has 1 saturated heterocycles. The number of carbonyl (C=O) groups is 1. The van der Waals surface area contributed by atoms with Crippen molar-refractivity contribution in [1.29, 1.82) is 0 Å². The molecule has 0 bridgehead atoms. The normalized spacial score (nSPS) is 25.2. The minimum Gasteiger partial charge on any atom is -0.450 e. The van der Waals surface area contributed by atoms with Crippen molar-refractivity contribution in [3.63, 3.8) is 0 Å². The third-order valence-corrected chi connectivity index (χ3v) is 3.84. The molecule has 3 rings (SSSR count). The Bertz CT molecular complexity index is 881. The van der Waals surface area contributed by atoms with Crippen molar-refractivity contribution in [2.75, 3.05) is 6.61 Å². The van der Waals surface area contributed by atoms with Crippen LogP contribution in [-0.4, -0.2) is 40.7 Å².